The maximum absolute atomic E-state index is 11.9. The van der Waals surface area contributed by atoms with Crippen molar-refractivity contribution in [3.63, 3.8) is 0 Å². The quantitative estimate of drug-likeness (QED) is 0.734. The summed E-state index contributed by atoms with van der Waals surface area (Å²) in [7, 11) is 0. The van der Waals surface area contributed by atoms with Crippen LogP contribution in [-0.4, -0.2) is 23.5 Å². The highest BCUT2D eigenvalue weighted by molar-refractivity contribution is 7.98. The number of para-hydroxylation sites is 1. The lowest BCUT2D eigenvalue weighted by Gasteiger charge is -2.05. The molecule has 4 heteroatoms. The molecular weight excluding hydrogens is 268 g/mol. The van der Waals surface area contributed by atoms with Crippen molar-refractivity contribution in [3.8, 4) is 0 Å². The number of benzene rings is 1. The third-order valence-corrected chi connectivity index (χ3v) is 4.04. The Balaban J connectivity index is 1.84. The molecule has 0 saturated heterocycles. The van der Waals surface area contributed by atoms with Crippen molar-refractivity contribution < 1.29 is 0 Å². The van der Waals surface area contributed by atoms with Gasteiger partial charge in [0.25, 0.3) is 5.56 Å². The number of fused-ring (bicyclic) bond motifs is 1. The number of H-pyrrole nitrogens is 1. The lowest BCUT2D eigenvalue weighted by Crippen LogP contribution is -2.21. The van der Waals surface area contributed by atoms with Gasteiger partial charge in [-0.15, -0.1) is 0 Å². The third-order valence-electron chi connectivity index (χ3n) is 3.35. The van der Waals surface area contributed by atoms with E-state index in [1.807, 2.05) is 42.1 Å². The van der Waals surface area contributed by atoms with Crippen LogP contribution in [0.3, 0.4) is 0 Å². The zero-order chi connectivity index (χ0) is 14.2. The summed E-state index contributed by atoms with van der Waals surface area (Å²) in [6, 6.07) is 9.86. The Morgan fingerprint density at radius 2 is 2.05 bits per heavy atom. The van der Waals surface area contributed by atoms with E-state index in [9.17, 15) is 4.79 Å². The molecule has 3 nitrogen and oxygen atoms in total. The van der Waals surface area contributed by atoms with Crippen LogP contribution in [0.2, 0.25) is 0 Å². The van der Waals surface area contributed by atoms with Gasteiger partial charge < -0.3 is 10.3 Å². The predicted octanol–water partition coefficient (Wildman–Crippen LogP) is 3.15. The van der Waals surface area contributed by atoms with Crippen LogP contribution in [0.1, 0.15) is 24.8 Å². The molecule has 0 bridgehead atoms. The fourth-order valence-corrected chi connectivity index (χ4v) is 2.71. The molecule has 20 heavy (non-hydrogen) atoms. The molecule has 0 aliphatic heterocycles. The van der Waals surface area contributed by atoms with Crippen LogP contribution in [0.25, 0.3) is 10.9 Å². The lowest BCUT2D eigenvalue weighted by molar-refractivity contribution is 0.616. The molecular formula is C16H22N2OS. The van der Waals surface area contributed by atoms with Gasteiger partial charge in [-0.25, -0.2) is 0 Å². The molecule has 1 aromatic carbocycles. The van der Waals surface area contributed by atoms with Gasteiger partial charge in [-0.2, -0.15) is 11.8 Å². The zero-order valence-electron chi connectivity index (χ0n) is 11.9. The Morgan fingerprint density at radius 3 is 2.90 bits per heavy atom. The Bertz CT molecular complexity index is 594. The Labute approximate surface area is 124 Å². The van der Waals surface area contributed by atoms with Gasteiger partial charge >= 0.3 is 0 Å². The average Bonchev–Trinajstić information content (AvgIpc) is 2.46. The molecule has 0 spiro atoms. The maximum Gasteiger partial charge on any atom is 0.252 e. The minimum atomic E-state index is 0.0126. The first-order valence-corrected chi connectivity index (χ1v) is 8.51. The highest BCUT2D eigenvalue weighted by atomic mass is 32.2. The van der Waals surface area contributed by atoms with Crippen molar-refractivity contribution >= 4 is 22.7 Å². The average molecular weight is 290 g/mol. The summed E-state index contributed by atoms with van der Waals surface area (Å²) in [5.74, 6) is 1.24. The summed E-state index contributed by atoms with van der Waals surface area (Å²) in [6.07, 6.45) is 5.84. The molecule has 2 N–H and O–H groups in total. The Hall–Kier alpha value is -1.26. The van der Waals surface area contributed by atoms with Crippen LogP contribution in [0.5, 0.6) is 0 Å². The van der Waals surface area contributed by atoms with E-state index in [-0.39, 0.29) is 5.56 Å². The van der Waals surface area contributed by atoms with Gasteiger partial charge in [-0.1, -0.05) is 24.6 Å². The molecule has 2 rings (SSSR count). The van der Waals surface area contributed by atoms with Gasteiger partial charge in [0.1, 0.15) is 0 Å². The number of hydrogen-bond acceptors (Lipinski definition) is 3. The number of rotatable bonds is 8. The van der Waals surface area contributed by atoms with E-state index in [2.05, 4.69) is 16.6 Å². The number of aromatic amines is 1. The molecule has 2 aromatic rings. The molecule has 0 unspecified atom stereocenters. The van der Waals surface area contributed by atoms with E-state index in [1.54, 1.807) is 0 Å². The van der Waals surface area contributed by atoms with Crippen molar-refractivity contribution in [3.05, 3.63) is 46.2 Å². The molecule has 1 aromatic heterocycles. The minimum Gasteiger partial charge on any atom is -0.322 e. The van der Waals surface area contributed by atoms with Crippen molar-refractivity contribution in [1.29, 1.82) is 0 Å². The van der Waals surface area contributed by atoms with Crippen LogP contribution in [-0.2, 0) is 6.54 Å². The molecule has 0 radical (unpaired) electrons. The Morgan fingerprint density at radius 1 is 1.20 bits per heavy atom. The molecule has 0 aliphatic rings. The van der Waals surface area contributed by atoms with E-state index in [0.29, 0.717) is 6.54 Å². The molecule has 0 amide bonds. The molecule has 108 valence electrons. The van der Waals surface area contributed by atoms with Gasteiger partial charge in [0.15, 0.2) is 0 Å². The second kappa shape index (κ2) is 8.12. The highest BCUT2D eigenvalue weighted by Gasteiger charge is 2.01. The number of thioether (sulfide) groups is 1. The number of aromatic nitrogens is 1. The first-order valence-electron chi connectivity index (χ1n) is 7.12. The monoisotopic (exact) mass is 290 g/mol. The minimum absolute atomic E-state index is 0.0126. The van der Waals surface area contributed by atoms with Gasteiger partial charge in [0, 0.05) is 17.6 Å². The van der Waals surface area contributed by atoms with Crippen LogP contribution >= 0.6 is 11.8 Å². The van der Waals surface area contributed by atoms with Gasteiger partial charge in [-0.3, -0.25) is 4.79 Å². The van der Waals surface area contributed by atoms with E-state index in [0.717, 1.165) is 23.0 Å². The fourth-order valence-electron chi connectivity index (χ4n) is 2.22. The number of pyridine rings is 1. The zero-order valence-corrected chi connectivity index (χ0v) is 12.8. The molecule has 0 aliphatic carbocycles. The lowest BCUT2D eigenvalue weighted by atomic mass is 10.1. The topological polar surface area (TPSA) is 44.9 Å². The van der Waals surface area contributed by atoms with Crippen LogP contribution in [0.4, 0.5) is 0 Å². The second-order valence-corrected chi connectivity index (χ2v) is 5.93. The fraction of sp³-hybridized carbons (Fsp3) is 0.438. The molecule has 0 fully saturated rings. The third kappa shape index (κ3) is 4.39. The van der Waals surface area contributed by atoms with Crippen molar-refractivity contribution in [2.75, 3.05) is 18.6 Å². The van der Waals surface area contributed by atoms with Crippen molar-refractivity contribution in [1.82, 2.24) is 10.3 Å². The summed E-state index contributed by atoms with van der Waals surface area (Å²) in [4.78, 5) is 14.9. The summed E-state index contributed by atoms with van der Waals surface area (Å²) in [5, 5.41) is 4.44. The maximum atomic E-state index is 11.9. The normalized spacial score (nSPS) is 11.1. The first-order chi connectivity index (χ1) is 9.81. The van der Waals surface area contributed by atoms with Gasteiger partial charge in [-0.05, 0) is 48.9 Å². The standard InChI is InChI=1S/C16H22N2OS/c1-20-10-6-2-5-9-17-12-14-11-13-7-3-4-8-15(13)18-16(14)19/h3-4,7-8,11,17H,2,5-6,9-10,12H2,1H3,(H,18,19). The molecule has 1 heterocycles. The van der Waals surface area contributed by atoms with Crippen LogP contribution in [0.15, 0.2) is 35.1 Å². The predicted molar refractivity (Wildman–Crippen MR) is 88.5 cm³/mol. The van der Waals surface area contributed by atoms with Gasteiger partial charge in [0.05, 0.1) is 0 Å². The summed E-state index contributed by atoms with van der Waals surface area (Å²) in [5.41, 5.74) is 1.73. The van der Waals surface area contributed by atoms with E-state index in [1.165, 1.54) is 25.0 Å². The largest absolute Gasteiger partial charge is 0.322 e. The number of unbranched alkanes of at least 4 members (excludes halogenated alkanes) is 2. The first kappa shape index (κ1) is 15.1. The summed E-state index contributed by atoms with van der Waals surface area (Å²) >= 11 is 1.90. The Kier molecular flexibility index (Phi) is 6.15. The van der Waals surface area contributed by atoms with Crippen LogP contribution < -0.4 is 10.9 Å². The molecule has 0 atom stereocenters. The molecule has 0 saturated carbocycles. The van der Waals surface area contributed by atoms with E-state index < -0.39 is 0 Å². The highest BCUT2D eigenvalue weighted by Crippen LogP contribution is 2.09. The van der Waals surface area contributed by atoms with E-state index >= 15 is 0 Å². The van der Waals surface area contributed by atoms with Crippen molar-refractivity contribution in [2.45, 2.75) is 25.8 Å². The van der Waals surface area contributed by atoms with Crippen molar-refractivity contribution in [2.24, 2.45) is 0 Å². The summed E-state index contributed by atoms with van der Waals surface area (Å²) < 4.78 is 0. The summed E-state index contributed by atoms with van der Waals surface area (Å²) in [6.45, 7) is 1.61. The second-order valence-electron chi connectivity index (χ2n) is 4.94. The SMILES string of the molecule is CSCCCCCNCc1cc2ccccc2[nH]c1=O. The number of nitrogens with one attached hydrogen (secondary N) is 2. The smallest absolute Gasteiger partial charge is 0.252 e. The van der Waals surface area contributed by atoms with Gasteiger partial charge in [0.2, 0.25) is 0 Å². The van der Waals surface area contributed by atoms with E-state index in [4.69, 9.17) is 0 Å². The number of hydrogen-bond donors (Lipinski definition) is 2. The van der Waals surface area contributed by atoms with Crippen LogP contribution in [0, 0.1) is 0 Å².